The molecule has 0 amide bonds. The maximum absolute atomic E-state index is 12.9. The third-order valence-corrected chi connectivity index (χ3v) is 5.01. The molecule has 3 N–H and O–H groups in total. The lowest BCUT2D eigenvalue weighted by molar-refractivity contribution is -0.186. The molecule has 114 valence electrons. The van der Waals surface area contributed by atoms with E-state index in [-0.39, 0.29) is 24.8 Å². The van der Waals surface area contributed by atoms with Crippen molar-refractivity contribution in [3.8, 4) is 0 Å². The highest BCUT2D eigenvalue weighted by Crippen LogP contribution is 2.41. The van der Waals surface area contributed by atoms with Gasteiger partial charge in [-0.15, -0.1) is 11.3 Å². The molecular formula is C13H20F3N3S. The van der Waals surface area contributed by atoms with Gasteiger partial charge in [-0.3, -0.25) is 11.3 Å². The van der Waals surface area contributed by atoms with Crippen molar-refractivity contribution in [2.45, 2.75) is 51.2 Å². The Morgan fingerprint density at radius 1 is 1.50 bits per heavy atom. The molecule has 0 aliphatic heterocycles. The quantitative estimate of drug-likeness (QED) is 0.663. The summed E-state index contributed by atoms with van der Waals surface area (Å²) in [5.74, 6) is 4.34. The molecule has 1 fully saturated rings. The van der Waals surface area contributed by atoms with E-state index in [1.807, 2.05) is 12.3 Å². The first-order valence-electron chi connectivity index (χ1n) is 6.84. The minimum atomic E-state index is -4.09. The van der Waals surface area contributed by atoms with Crippen molar-refractivity contribution in [1.82, 2.24) is 10.4 Å². The summed E-state index contributed by atoms with van der Waals surface area (Å²) < 4.78 is 38.6. The molecule has 0 bridgehead atoms. The fourth-order valence-electron chi connectivity index (χ4n) is 2.94. The summed E-state index contributed by atoms with van der Waals surface area (Å²) in [6, 6.07) is -0.134. The summed E-state index contributed by atoms with van der Waals surface area (Å²) in [6.07, 6.45) is -1.66. The molecule has 1 aromatic heterocycles. The van der Waals surface area contributed by atoms with Crippen LogP contribution in [0.3, 0.4) is 0 Å². The first-order valence-corrected chi connectivity index (χ1v) is 7.72. The Bertz CT molecular complexity index is 433. The third-order valence-electron chi connectivity index (χ3n) is 4.02. The van der Waals surface area contributed by atoms with E-state index in [0.717, 1.165) is 17.1 Å². The number of alkyl halides is 3. The van der Waals surface area contributed by atoms with Crippen LogP contribution >= 0.6 is 11.3 Å². The topological polar surface area (TPSA) is 50.9 Å². The molecule has 1 aliphatic carbocycles. The molecular weight excluding hydrogens is 287 g/mol. The highest BCUT2D eigenvalue weighted by molar-refractivity contribution is 7.09. The fourth-order valence-corrected chi connectivity index (χ4v) is 3.77. The average Bonchev–Trinajstić information content (AvgIpc) is 2.81. The molecule has 3 unspecified atom stereocenters. The number of halogens is 3. The summed E-state index contributed by atoms with van der Waals surface area (Å²) in [5.41, 5.74) is 3.64. The van der Waals surface area contributed by atoms with Crippen molar-refractivity contribution in [3.05, 3.63) is 16.1 Å². The zero-order valence-electron chi connectivity index (χ0n) is 11.4. The van der Waals surface area contributed by atoms with Crippen molar-refractivity contribution in [2.24, 2.45) is 17.7 Å². The van der Waals surface area contributed by atoms with Crippen LogP contribution in [0.2, 0.25) is 0 Å². The van der Waals surface area contributed by atoms with Crippen molar-refractivity contribution in [2.75, 3.05) is 0 Å². The molecule has 0 saturated heterocycles. The lowest BCUT2D eigenvalue weighted by Crippen LogP contribution is -2.45. The normalized spacial score (nSPS) is 25.6. The Balaban J connectivity index is 2.00. The Hall–Kier alpha value is -0.660. The van der Waals surface area contributed by atoms with Crippen LogP contribution in [-0.2, 0) is 6.42 Å². The van der Waals surface area contributed by atoms with E-state index >= 15 is 0 Å². The minimum Gasteiger partial charge on any atom is -0.271 e. The number of nitrogens with two attached hydrogens (primary N) is 1. The largest absolute Gasteiger partial charge is 0.391 e. The molecule has 2 rings (SSSR count). The molecule has 0 spiro atoms. The predicted octanol–water partition coefficient (Wildman–Crippen LogP) is 3.19. The second kappa shape index (κ2) is 6.41. The van der Waals surface area contributed by atoms with E-state index < -0.39 is 12.1 Å². The SMILES string of the molecule is Cc1csc(CC(NN)C2CCCC(C(F)(F)F)C2)n1. The molecule has 3 atom stereocenters. The Kier molecular flexibility index (Phi) is 5.04. The number of hydrogen-bond donors (Lipinski definition) is 2. The lowest BCUT2D eigenvalue weighted by atomic mass is 9.77. The first-order chi connectivity index (χ1) is 9.40. The monoisotopic (exact) mass is 307 g/mol. The molecule has 3 nitrogen and oxygen atoms in total. The van der Waals surface area contributed by atoms with Gasteiger partial charge < -0.3 is 0 Å². The second-order valence-corrected chi connectivity index (χ2v) is 6.47. The smallest absolute Gasteiger partial charge is 0.271 e. The number of aryl methyl sites for hydroxylation is 1. The molecule has 20 heavy (non-hydrogen) atoms. The van der Waals surface area contributed by atoms with Gasteiger partial charge in [0.15, 0.2) is 0 Å². The van der Waals surface area contributed by atoms with Crippen molar-refractivity contribution in [1.29, 1.82) is 0 Å². The van der Waals surface area contributed by atoms with Crippen LogP contribution in [0.15, 0.2) is 5.38 Å². The number of nitrogens with zero attached hydrogens (tertiary/aromatic N) is 1. The van der Waals surface area contributed by atoms with Crippen molar-refractivity contribution in [3.63, 3.8) is 0 Å². The molecule has 0 aromatic carbocycles. The van der Waals surface area contributed by atoms with Gasteiger partial charge in [-0.05, 0) is 32.1 Å². The summed E-state index contributed by atoms with van der Waals surface area (Å²) in [4.78, 5) is 4.36. The third kappa shape index (κ3) is 3.93. The van der Waals surface area contributed by atoms with Crippen LogP contribution < -0.4 is 11.3 Å². The van der Waals surface area contributed by atoms with Crippen LogP contribution in [0.1, 0.15) is 36.4 Å². The van der Waals surface area contributed by atoms with Crippen LogP contribution in [0.4, 0.5) is 13.2 Å². The summed E-state index contributed by atoms with van der Waals surface area (Å²) in [5, 5.41) is 2.88. The van der Waals surface area contributed by atoms with E-state index in [9.17, 15) is 13.2 Å². The molecule has 1 heterocycles. The zero-order chi connectivity index (χ0) is 14.8. The van der Waals surface area contributed by atoms with Crippen LogP contribution in [0.25, 0.3) is 0 Å². The van der Waals surface area contributed by atoms with Crippen molar-refractivity contribution >= 4 is 11.3 Å². The van der Waals surface area contributed by atoms with Gasteiger partial charge in [-0.25, -0.2) is 4.98 Å². The molecule has 1 aliphatic rings. The lowest BCUT2D eigenvalue weighted by Gasteiger charge is -2.34. The Morgan fingerprint density at radius 2 is 2.25 bits per heavy atom. The van der Waals surface area contributed by atoms with Crippen LogP contribution in [-0.4, -0.2) is 17.2 Å². The van der Waals surface area contributed by atoms with E-state index in [2.05, 4.69) is 10.4 Å². The standard InChI is InChI=1S/C13H20F3N3S/c1-8-7-20-12(18-8)6-11(19-17)9-3-2-4-10(5-9)13(14,15)16/h7,9-11,19H,2-6,17H2,1H3. The van der Waals surface area contributed by atoms with Crippen LogP contribution in [0, 0.1) is 18.8 Å². The first kappa shape index (κ1) is 15.7. The maximum atomic E-state index is 12.9. The van der Waals surface area contributed by atoms with E-state index in [1.165, 1.54) is 11.3 Å². The average molecular weight is 307 g/mol. The Labute approximate surface area is 120 Å². The van der Waals surface area contributed by atoms with Gasteiger partial charge >= 0.3 is 6.18 Å². The summed E-state index contributed by atoms with van der Waals surface area (Å²) in [6.45, 7) is 1.91. The number of hydrogen-bond acceptors (Lipinski definition) is 4. The number of nitrogens with one attached hydrogen (secondary N) is 1. The van der Waals surface area contributed by atoms with Gasteiger partial charge in [0.2, 0.25) is 0 Å². The summed E-state index contributed by atoms with van der Waals surface area (Å²) >= 11 is 1.53. The molecule has 1 saturated carbocycles. The van der Waals surface area contributed by atoms with Gasteiger partial charge in [0.1, 0.15) is 0 Å². The van der Waals surface area contributed by atoms with E-state index in [1.54, 1.807) is 0 Å². The van der Waals surface area contributed by atoms with Crippen LogP contribution in [0.5, 0.6) is 0 Å². The van der Waals surface area contributed by atoms with Gasteiger partial charge in [0, 0.05) is 23.5 Å². The molecule has 0 radical (unpaired) electrons. The van der Waals surface area contributed by atoms with Crippen molar-refractivity contribution < 1.29 is 13.2 Å². The fraction of sp³-hybridized carbons (Fsp3) is 0.769. The van der Waals surface area contributed by atoms with Gasteiger partial charge in [0.05, 0.1) is 10.9 Å². The number of thiazole rings is 1. The minimum absolute atomic E-state index is 0.0374. The molecule has 7 heteroatoms. The predicted molar refractivity (Wildman–Crippen MR) is 73.2 cm³/mol. The van der Waals surface area contributed by atoms with Gasteiger partial charge in [-0.2, -0.15) is 13.2 Å². The Morgan fingerprint density at radius 3 is 2.80 bits per heavy atom. The highest BCUT2D eigenvalue weighted by Gasteiger charge is 2.43. The highest BCUT2D eigenvalue weighted by atomic mass is 32.1. The number of aromatic nitrogens is 1. The number of hydrazine groups is 1. The van der Waals surface area contributed by atoms with Gasteiger partial charge in [0.25, 0.3) is 0 Å². The second-order valence-electron chi connectivity index (χ2n) is 5.53. The van der Waals surface area contributed by atoms with E-state index in [0.29, 0.717) is 12.8 Å². The maximum Gasteiger partial charge on any atom is 0.391 e. The van der Waals surface area contributed by atoms with Gasteiger partial charge in [-0.1, -0.05) is 6.42 Å². The molecule has 1 aromatic rings. The van der Waals surface area contributed by atoms with E-state index in [4.69, 9.17) is 5.84 Å². The zero-order valence-corrected chi connectivity index (χ0v) is 12.2. The number of rotatable bonds is 4. The summed E-state index contributed by atoms with van der Waals surface area (Å²) in [7, 11) is 0.